The van der Waals surface area contributed by atoms with Crippen LogP contribution < -0.4 is 9.62 Å². The zero-order chi connectivity index (χ0) is 24.0. The predicted molar refractivity (Wildman–Crippen MR) is 137 cm³/mol. The third-order valence-corrected chi connectivity index (χ3v) is 7.52. The first-order chi connectivity index (χ1) is 15.7. The number of nitrogens with zero attached hydrogens (tertiary/aromatic N) is 1. The van der Waals surface area contributed by atoms with Gasteiger partial charge >= 0.3 is 0 Å². The molecular weight excluding hydrogens is 500 g/mol. The van der Waals surface area contributed by atoms with Crippen molar-refractivity contribution in [1.82, 2.24) is 5.32 Å². The molecule has 1 atom stereocenters. The Morgan fingerprint density at radius 3 is 2.24 bits per heavy atom. The smallest absolute Gasteiger partial charge is 0.264 e. The number of halogens is 1. The lowest BCUT2D eigenvalue weighted by molar-refractivity contribution is -0.120. The van der Waals surface area contributed by atoms with E-state index in [0.29, 0.717) is 11.6 Å². The zero-order valence-corrected chi connectivity index (χ0v) is 21.4. The van der Waals surface area contributed by atoms with Crippen molar-refractivity contribution in [2.24, 2.45) is 5.92 Å². The fourth-order valence-corrected chi connectivity index (χ4v) is 5.39. The summed E-state index contributed by atoms with van der Waals surface area (Å²) in [6.07, 6.45) is 0.747. The van der Waals surface area contributed by atoms with Gasteiger partial charge in [-0.25, -0.2) is 8.42 Å². The van der Waals surface area contributed by atoms with Crippen molar-refractivity contribution < 1.29 is 13.2 Å². The van der Waals surface area contributed by atoms with E-state index in [2.05, 4.69) is 35.1 Å². The van der Waals surface area contributed by atoms with Crippen LogP contribution in [0.1, 0.15) is 37.4 Å². The van der Waals surface area contributed by atoms with Crippen molar-refractivity contribution in [3.8, 4) is 0 Å². The SMILES string of the molecule is Cc1ccc(S(=O)(=O)N(CC(=O)N[C@H](CC(C)C)c2ccccc2)c2cccc(Br)c2)cc1. The fourth-order valence-electron chi connectivity index (χ4n) is 3.59. The van der Waals surface area contributed by atoms with Gasteiger partial charge in [-0.15, -0.1) is 0 Å². The highest BCUT2D eigenvalue weighted by molar-refractivity contribution is 9.10. The van der Waals surface area contributed by atoms with E-state index in [4.69, 9.17) is 0 Å². The average molecular weight is 530 g/mol. The molecule has 0 saturated carbocycles. The molecule has 3 aromatic carbocycles. The molecule has 1 N–H and O–H groups in total. The molecule has 0 fully saturated rings. The number of nitrogens with one attached hydrogen (secondary N) is 1. The van der Waals surface area contributed by atoms with Gasteiger partial charge in [0.05, 0.1) is 16.6 Å². The number of benzene rings is 3. The number of hydrogen-bond donors (Lipinski definition) is 1. The number of anilines is 1. The van der Waals surface area contributed by atoms with Gasteiger partial charge < -0.3 is 5.32 Å². The molecule has 0 aliphatic carbocycles. The average Bonchev–Trinajstić information content (AvgIpc) is 2.77. The molecule has 0 aromatic heterocycles. The number of hydrogen-bond acceptors (Lipinski definition) is 3. The topological polar surface area (TPSA) is 66.5 Å². The zero-order valence-electron chi connectivity index (χ0n) is 19.0. The Bertz CT molecular complexity index is 1180. The van der Waals surface area contributed by atoms with Gasteiger partial charge in [0, 0.05) is 4.47 Å². The van der Waals surface area contributed by atoms with E-state index in [1.807, 2.05) is 43.3 Å². The summed E-state index contributed by atoms with van der Waals surface area (Å²) in [5, 5.41) is 3.06. The Morgan fingerprint density at radius 2 is 1.64 bits per heavy atom. The third-order valence-electron chi connectivity index (χ3n) is 5.24. The first-order valence-electron chi connectivity index (χ1n) is 10.9. The molecule has 0 saturated heterocycles. The molecule has 0 spiro atoms. The summed E-state index contributed by atoms with van der Waals surface area (Å²) in [6.45, 7) is 5.76. The quantitative estimate of drug-likeness (QED) is 0.378. The van der Waals surface area contributed by atoms with E-state index < -0.39 is 10.0 Å². The monoisotopic (exact) mass is 528 g/mol. The lowest BCUT2D eigenvalue weighted by atomic mass is 9.97. The molecule has 0 bridgehead atoms. The number of aryl methyl sites for hydroxylation is 1. The van der Waals surface area contributed by atoms with E-state index in [0.717, 1.165) is 26.3 Å². The van der Waals surface area contributed by atoms with Gasteiger partial charge in [-0.05, 0) is 55.2 Å². The predicted octanol–water partition coefficient (Wildman–Crippen LogP) is 5.86. The van der Waals surface area contributed by atoms with Gasteiger partial charge in [-0.1, -0.05) is 83.9 Å². The molecular formula is C26H29BrN2O3S. The van der Waals surface area contributed by atoms with E-state index in [1.54, 1.807) is 42.5 Å². The van der Waals surface area contributed by atoms with E-state index >= 15 is 0 Å². The maximum Gasteiger partial charge on any atom is 0.264 e. The highest BCUT2D eigenvalue weighted by Gasteiger charge is 2.28. The summed E-state index contributed by atoms with van der Waals surface area (Å²) in [5.41, 5.74) is 2.37. The van der Waals surface area contributed by atoms with Crippen molar-refractivity contribution in [1.29, 1.82) is 0 Å². The fraction of sp³-hybridized carbons (Fsp3) is 0.269. The highest BCUT2D eigenvalue weighted by atomic mass is 79.9. The first-order valence-corrected chi connectivity index (χ1v) is 13.1. The minimum absolute atomic E-state index is 0.141. The number of carbonyl (C=O) groups excluding carboxylic acids is 1. The molecule has 174 valence electrons. The maximum atomic E-state index is 13.6. The van der Waals surface area contributed by atoms with Crippen molar-refractivity contribution in [2.75, 3.05) is 10.8 Å². The standard InChI is InChI=1S/C26H29BrN2O3S/c1-19(2)16-25(21-8-5-4-6-9-21)28-26(30)18-29(23-11-7-10-22(27)17-23)33(31,32)24-14-12-20(3)13-15-24/h4-15,17,19,25H,16,18H2,1-3H3,(H,28,30)/t25-/m1/s1. The van der Waals surface area contributed by atoms with Crippen LogP contribution in [0.25, 0.3) is 0 Å². The van der Waals surface area contributed by atoms with Gasteiger partial charge in [0.1, 0.15) is 6.54 Å². The summed E-state index contributed by atoms with van der Waals surface area (Å²) in [5.74, 6) is -0.00635. The molecule has 5 nitrogen and oxygen atoms in total. The van der Waals surface area contributed by atoms with E-state index in [9.17, 15) is 13.2 Å². The Hall–Kier alpha value is -2.64. The first kappa shape index (κ1) is 25.0. The second kappa shape index (κ2) is 11.0. The van der Waals surface area contributed by atoms with Gasteiger partial charge in [-0.2, -0.15) is 0 Å². The van der Waals surface area contributed by atoms with Crippen LogP contribution in [-0.4, -0.2) is 20.9 Å². The molecule has 0 aliphatic heterocycles. The van der Waals surface area contributed by atoms with E-state index in [1.165, 1.54) is 0 Å². The van der Waals surface area contributed by atoms with Crippen molar-refractivity contribution in [3.05, 3.63) is 94.5 Å². The molecule has 0 aliphatic rings. The van der Waals surface area contributed by atoms with Crippen molar-refractivity contribution >= 4 is 37.5 Å². The van der Waals surface area contributed by atoms with Gasteiger partial charge in [-0.3, -0.25) is 9.10 Å². The Morgan fingerprint density at radius 1 is 0.970 bits per heavy atom. The molecule has 0 radical (unpaired) electrons. The summed E-state index contributed by atoms with van der Waals surface area (Å²) in [6, 6.07) is 23.1. The van der Waals surface area contributed by atoms with Gasteiger partial charge in [0.15, 0.2) is 0 Å². The van der Waals surface area contributed by atoms with Crippen LogP contribution in [0, 0.1) is 12.8 Å². The molecule has 3 aromatic rings. The molecule has 3 rings (SSSR count). The van der Waals surface area contributed by atoms with Crippen LogP contribution in [0.5, 0.6) is 0 Å². The lowest BCUT2D eigenvalue weighted by Gasteiger charge is -2.27. The second-order valence-corrected chi connectivity index (χ2v) is 11.2. The third kappa shape index (κ3) is 6.68. The maximum absolute atomic E-state index is 13.6. The van der Waals surface area contributed by atoms with Crippen molar-refractivity contribution in [3.63, 3.8) is 0 Å². The minimum Gasteiger partial charge on any atom is -0.348 e. The summed E-state index contributed by atoms with van der Waals surface area (Å²) in [7, 11) is -3.95. The molecule has 7 heteroatoms. The van der Waals surface area contributed by atoms with Gasteiger partial charge in [0.2, 0.25) is 5.91 Å². The normalized spacial score (nSPS) is 12.4. The number of rotatable bonds is 9. The van der Waals surface area contributed by atoms with Crippen LogP contribution in [0.2, 0.25) is 0 Å². The number of sulfonamides is 1. The molecule has 0 unspecified atom stereocenters. The lowest BCUT2D eigenvalue weighted by Crippen LogP contribution is -2.42. The molecule has 1 amide bonds. The van der Waals surface area contributed by atoms with Gasteiger partial charge in [0.25, 0.3) is 10.0 Å². The Kier molecular flexibility index (Phi) is 8.32. The van der Waals surface area contributed by atoms with Crippen LogP contribution in [0.15, 0.2) is 88.2 Å². The highest BCUT2D eigenvalue weighted by Crippen LogP contribution is 2.27. The largest absolute Gasteiger partial charge is 0.348 e. The molecule has 0 heterocycles. The Labute approximate surface area is 205 Å². The summed E-state index contributed by atoms with van der Waals surface area (Å²) < 4.78 is 29.0. The van der Waals surface area contributed by atoms with Crippen LogP contribution in [-0.2, 0) is 14.8 Å². The van der Waals surface area contributed by atoms with Crippen LogP contribution in [0.3, 0.4) is 0 Å². The van der Waals surface area contributed by atoms with Crippen molar-refractivity contribution in [2.45, 2.75) is 38.1 Å². The number of amides is 1. The number of carbonyl (C=O) groups is 1. The van der Waals surface area contributed by atoms with E-state index in [-0.39, 0.29) is 23.4 Å². The molecule has 33 heavy (non-hydrogen) atoms. The Balaban J connectivity index is 1.92. The van der Waals surface area contributed by atoms with Crippen LogP contribution in [0.4, 0.5) is 5.69 Å². The second-order valence-electron chi connectivity index (χ2n) is 8.46. The summed E-state index contributed by atoms with van der Waals surface area (Å²) >= 11 is 3.41. The summed E-state index contributed by atoms with van der Waals surface area (Å²) in [4.78, 5) is 13.3. The van der Waals surface area contributed by atoms with Crippen LogP contribution >= 0.6 is 15.9 Å². The minimum atomic E-state index is -3.95.